The highest BCUT2D eigenvalue weighted by Gasteiger charge is 2.40. The van der Waals surface area contributed by atoms with Crippen molar-refractivity contribution in [3.8, 4) is 17.3 Å². The first-order valence-corrected chi connectivity index (χ1v) is 9.41. The number of alkyl halides is 3. The molecule has 1 aliphatic rings. The summed E-state index contributed by atoms with van der Waals surface area (Å²) in [5, 5.41) is 9.59. The number of nitrogens with two attached hydrogens (primary N) is 1. The van der Waals surface area contributed by atoms with E-state index >= 15 is 0 Å². The molecule has 9 heteroatoms. The molecule has 3 heterocycles. The second-order valence-electron chi connectivity index (χ2n) is 7.20. The summed E-state index contributed by atoms with van der Waals surface area (Å²) in [6.45, 7) is 0.965. The number of rotatable bonds is 3. The third kappa shape index (κ3) is 3.53. The van der Waals surface area contributed by atoms with Crippen molar-refractivity contribution in [1.29, 1.82) is 5.26 Å². The molecule has 156 valence electrons. The Kier molecular flexibility index (Phi) is 5.22. The maximum Gasteiger partial charge on any atom is 0.407 e. The number of nitrogens with zero attached hydrogens (tertiary/aromatic N) is 3. The number of ether oxygens (including phenoxy) is 1. The molecule has 1 aliphatic heterocycles. The zero-order valence-corrected chi connectivity index (χ0v) is 15.8. The normalized spacial score (nSPS) is 16.5. The Labute approximate surface area is 169 Å². The van der Waals surface area contributed by atoms with Crippen molar-refractivity contribution in [3.63, 3.8) is 0 Å². The third-order valence-corrected chi connectivity index (χ3v) is 5.37. The lowest BCUT2D eigenvalue weighted by Gasteiger charge is -2.24. The van der Waals surface area contributed by atoms with Gasteiger partial charge < -0.3 is 15.0 Å². The average molecular weight is 418 g/mol. The first-order valence-electron chi connectivity index (χ1n) is 9.41. The molecule has 0 amide bonds. The van der Waals surface area contributed by atoms with Crippen LogP contribution in [0.5, 0.6) is 0 Å². The molecule has 0 spiro atoms. The maximum absolute atomic E-state index is 14.5. The SMILES string of the molecule is N#Cc1cccc(F)c1-c1ccc2c([C@H](N)C(F)(F)F)cn(C3CCOCC3)c2n1. The standard InChI is InChI=1S/C21H18F4N4O/c22-16-3-1-2-12(10-26)18(16)17-5-4-14-15(19(27)21(23,24)25)11-29(20(14)28-17)13-6-8-30-9-7-13/h1-5,11,13,19H,6-9,27H2/t19-/m0/s1. The summed E-state index contributed by atoms with van der Waals surface area (Å²) in [5.41, 5.74) is 5.99. The van der Waals surface area contributed by atoms with Gasteiger partial charge in [-0.1, -0.05) is 6.07 Å². The third-order valence-electron chi connectivity index (χ3n) is 5.37. The number of nitriles is 1. The zero-order chi connectivity index (χ0) is 21.5. The van der Waals surface area contributed by atoms with Crippen LogP contribution in [0.4, 0.5) is 17.6 Å². The van der Waals surface area contributed by atoms with Crippen LogP contribution in [0.25, 0.3) is 22.3 Å². The van der Waals surface area contributed by atoms with Crippen molar-refractivity contribution in [1.82, 2.24) is 9.55 Å². The largest absolute Gasteiger partial charge is 0.407 e. The molecule has 5 nitrogen and oxygen atoms in total. The van der Waals surface area contributed by atoms with Crippen LogP contribution >= 0.6 is 0 Å². The lowest BCUT2D eigenvalue weighted by Crippen LogP contribution is -2.28. The summed E-state index contributed by atoms with van der Waals surface area (Å²) in [4.78, 5) is 4.48. The molecule has 0 unspecified atom stereocenters. The van der Waals surface area contributed by atoms with Crippen LogP contribution in [-0.4, -0.2) is 28.9 Å². The molecule has 1 saturated heterocycles. The highest BCUT2D eigenvalue weighted by Crippen LogP contribution is 2.38. The van der Waals surface area contributed by atoms with E-state index in [1.165, 1.54) is 36.5 Å². The van der Waals surface area contributed by atoms with Gasteiger partial charge in [-0.2, -0.15) is 18.4 Å². The van der Waals surface area contributed by atoms with Gasteiger partial charge in [0, 0.05) is 36.4 Å². The first-order chi connectivity index (χ1) is 14.3. The Bertz CT molecular complexity index is 1130. The van der Waals surface area contributed by atoms with Crippen LogP contribution in [0.15, 0.2) is 36.5 Å². The van der Waals surface area contributed by atoms with Crippen LogP contribution in [0.3, 0.4) is 0 Å². The fraction of sp³-hybridized carbons (Fsp3) is 0.333. The van der Waals surface area contributed by atoms with Crippen molar-refractivity contribution in [3.05, 3.63) is 53.5 Å². The maximum atomic E-state index is 14.5. The van der Waals surface area contributed by atoms with E-state index in [0.29, 0.717) is 26.1 Å². The van der Waals surface area contributed by atoms with Crippen LogP contribution in [0.1, 0.15) is 36.1 Å². The van der Waals surface area contributed by atoms with Crippen molar-refractivity contribution < 1.29 is 22.3 Å². The molecule has 0 saturated carbocycles. The zero-order valence-electron chi connectivity index (χ0n) is 15.8. The summed E-state index contributed by atoms with van der Waals surface area (Å²) in [6, 6.07) is 6.62. The summed E-state index contributed by atoms with van der Waals surface area (Å²) < 4.78 is 61.6. The minimum absolute atomic E-state index is 0.0169. The van der Waals surface area contributed by atoms with Gasteiger partial charge in [0.05, 0.1) is 22.9 Å². The number of halogens is 4. The van der Waals surface area contributed by atoms with E-state index in [-0.39, 0.29) is 39.5 Å². The lowest BCUT2D eigenvalue weighted by atomic mass is 10.0. The monoisotopic (exact) mass is 418 g/mol. The second-order valence-corrected chi connectivity index (χ2v) is 7.20. The summed E-state index contributed by atoms with van der Waals surface area (Å²) in [6.07, 6.45) is -2.01. The topological polar surface area (TPSA) is 76.9 Å². The second kappa shape index (κ2) is 7.70. The van der Waals surface area contributed by atoms with E-state index < -0.39 is 18.0 Å². The molecule has 1 fully saturated rings. The minimum atomic E-state index is -4.62. The number of hydrogen-bond donors (Lipinski definition) is 1. The molecule has 30 heavy (non-hydrogen) atoms. The van der Waals surface area contributed by atoms with Crippen LogP contribution in [0.2, 0.25) is 0 Å². The quantitative estimate of drug-likeness (QED) is 0.630. The molecule has 0 bridgehead atoms. The van der Waals surface area contributed by atoms with Crippen molar-refractivity contribution in [2.24, 2.45) is 5.73 Å². The number of fused-ring (bicyclic) bond motifs is 1. The number of aromatic nitrogens is 2. The molecular weight excluding hydrogens is 400 g/mol. The highest BCUT2D eigenvalue weighted by atomic mass is 19.4. The average Bonchev–Trinajstić information content (AvgIpc) is 3.11. The van der Waals surface area contributed by atoms with E-state index in [2.05, 4.69) is 4.98 Å². The fourth-order valence-corrected chi connectivity index (χ4v) is 3.83. The highest BCUT2D eigenvalue weighted by molar-refractivity contribution is 5.85. The van der Waals surface area contributed by atoms with Gasteiger partial charge in [0.1, 0.15) is 17.5 Å². The van der Waals surface area contributed by atoms with Crippen LogP contribution < -0.4 is 5.73 Å². The van der Waals surface area contributed by atoms with Gasteiger partial charge in [0.15, 0.2) is 0 Å². The Morgan fingerprint density at radius 1 is 1.20 bits per heavy atom. The van der Waals surface area contributed by atoms with E-state index in [0.717, 1.165) is 0 Å². The molecular formula is C21H18F4N4O. The molecule has 1 aromatic carbocycles. The van der Waals surface area contributed by atoms with Gasteiger partial charge >= 0.3 is 6.18 Å². The van der Waals surface area contributed by atoms with Gasteiger partial charge in [0.2, 0.25) is 0 Å². The Morgan fingerprint density at radius 2 is 1.93 bits per heavy atom. The summed E-state index contributed by atoms with van der Waals surface area (Å²) >= 11 is 0. The van der Waals surface area contributed by atoms with Gasteiger partial charge in [-0.05, 0) is 37.1 Å². The number of benzene rings is 1. The lowest BCUT2D eigenvalue weighted by molar-refractivity contribution is -0.148. The molecule has 1 atom stereocenters. The molecule has 3 aromatic rings. The van der Waals surface area contributed by atoms with Crippen molar-refractivity contribution in [2.45, 2.75) is 31.1 Å². The van der Waals surface area contributed by atoms with Gasteiger partial charge in [-0.15, -0.1) is 0 Å². The van der Waals surface area contributed by atoms with Gasteiger partial charge in [0.25, 0.3) is 0 Å². The van der Waals surface area contributed by atoms with Crippen LogP contribution in [-0.2, 0) is 4.74 Å². The molecule has 2 N–H and O–H groups in total. The predicted molar refractivity (Wildman–Crippen MR) is 102 cm³/mol. The predicted octanol–water partition coefficient (Wildman–Crippen LogP) is 4.63. The number of hydrogen-bond acceptors (Lipinski definition) is 4. The molecule has 0 radical (unpaired) electrons. The first kappa shape index (κ1) is 20.3. The van der Waals surface area contributed by atoms with Gasteiger partial charge in [-0.25, -0.2) is 9.37 Å². The summed E-state index contributed by atoms with van der Waals surface area (Å²) in [7, 11) is 0. The van der Waals surface area contributed by atoms with Crippen LogP contribution in [0, 0.1) is 17.1 Å². The molecule has 4 rings (SSSR count). The Morgan fingerprint density at radius 3 is 2.60 bits per heavy atom. The van der Waals surface area contributed by atoms with E-state index in [9.17, 15) is 22.8 Å². The smallest absolute Gasteiger partial charge is 0.381 e. The Balaban J connectivity index is 1.93. The molecule has 0 aliphatic carbocycles. The minimum Gasteiger partial charge on any atom is -0.381 e. The molecule has 2 aromatic heterocycles. The van der Waals surface area contributed by atoms with Crippen molar-refractivity contribution in [2.75, 3.05) is 13.2 Å². The van der Waals surface area contributed by atoms with E-state index in [4.69, 9.17) is 10.5 Å². The number of pyridine rings is 1. The van der Waals surface area contributed by atoms with E-state index in [1.54, 1.807) is 4.57 Å². The Hall–Kier alpha value is -2.96. The fourth-order valence-electron chi connectivity index (χ4n) is 3.83. The van der Waals surface area contributed by atoms with Crippen molar-refractivity contribution >= 4 is 11.0 Å². The summed E-state index contributed by atoms with van der Waals surface area (Å²) in [5.74, 6) is -0.628. The van der Waals surface area contributed by atoms with Gasteiger partial charge in [-0.3, -0.25) is 0 Å². The van der Waals surface area contributed by atoms with E-state index in [1.807, 2.05) is 6.07 Å².